The zero-order valence-electron chi connectivity index (χ0n) is 13.7. The van der Waals surface area contributed by atoms with Crippen LogP contribution in [0, 0.1) is 0 Å². The minimum Gasteiger partial charge on any atom is -0.508 e. The van der Waals surface area contributed by atoms with Crippen LogP contribution in [0.5, 0.6) is 11.5 Å². The lowest BCUT2D eigenvalue weighted by Gasteiger charge is -2.09. The number of aliphatic hydroxyl groups is 1. The zero-order valence-corrected chi connectivity index (χ0v) is 13.7. The lowest BCUT2D eigenvalue weighted by Crippen LogP contribution is -2.11. The van der Waals surface area contributed by atoms with E-state index in [0.29, 0.717) is 0 Å². The molecule has 0 saturated heterocycles. The van der Waals surface area contributed by atoms with Crippen molar-refractivity contribution in [2.24, 2.45) is 0 Å². The van der Waals surface area contributed by atoms with E-state index < -0.39 is 11.9 Å². The quantitative estimate of drug-likeness (QED) is 0.441. The molecule has 0 aromatic heterocycles. The van der Waals surface area contributed by atoms with Gasteiger partial charge in [-0.25, -0.2) is 4.79 Å². The van der Waals surface area contributed by atoms with Crippen LogP contribution in [-0.4, -0.2) is 33.0 Å². The van der Waals surface area contributed by atoms with Gasteiger partial charge in [0.2, 0.25) is 0 Å². The summed E-state index contributed by atoms with van der Waals surface area (Å²) in [6.45, 7) is 2.39. The Labute approximate surface area is 144 Å². The molecule has 7 nitrogen and oxygen atoms in total. The smallest absolute Gasteiger partial charge is 0.339 e. The third kappa shape index (κ3) is 6.08. The number of rotatable bonds is 4. The number of para-hydroxylation sites is 1. The number of phenols is 1. The van der Waals surface area contributed by atoms with Gasteiger partial charge in [0.05, 0.1) is 12.2 Å². The monoisotopic (exact) mass is 346 g/mol. The summed E-state index contributed by atoms with van der Waals surface area (Å²) in [5, 5.41) is 26.3. The van der Waals surface area contributed by atoms with E-state index in [1.54, 1.807) is 18.2 Å². The first-order valence-corrected chi connectivity index (χ1v) is 7.20. The second-order valence-electron chi connectivity index (χ2n) is 4.97. The summed E-state index contributed by atoms with van der Waals surface area (Å²) in [5.74, 6) is -2.29. The second-order valence-corrected chi connectivity index (χ2v) is 4.97. The highest BCUT2D eigenvalue weighted by atomic mass is 16.5. The molecule has 0 atom stereocenters. The van der Waals surface area contributed by atoms with Crippen LogP contribution in [0.3, 0.4) is 0 Å². The van der Waals surface area contributed by atoms with E-state index >= 15 is 0 Å². The summed E-state index contributed by atoms with van der Waals surface area (Å²) in [6, 6.07) is 10.6. The minimum absolute atomic E-state index is 0.0194. The lowest BCUT2D eigenvalue weighted by atomic mass is 10.1. The number of ketones is 1. The fraction of sp³-hybridized carbons (Fsp3) is 0.167. The fourth-order valence-electron chi connectivity index (χ4n) is 1.89. The van der Waals surface area contributed by atoms with Crippen molar-refractivity contribution in [3.63, 3.8) is 0 Å². The molecule has 0 amide bonds. The number of carbonyl (C=O) groups is 3. The molecule has 0 heterocycles. The molecule has 25 heavy (non-hydrogen) atoms. The van der Waals surface area contributed by atoms with Gasteiger partial charge in [0.25, 0.3) is 0 Å². The van der Waals surface area contributed by atoms with E-state index in [0.717, 1.165) is 12.5 Å². The van der Waals surface area contributed by atoms with E-state index in [4.69, 9.17) is 20.1 Å². The third-order valence-electron chi connectivity index (χ3n) is 2.96. The maximum Gasteiger partial charge on any atom is 0.339 e. The molecule has 0 unspecified atom stereocenters. The largest absolute Gasteiger partial charge is 0.508 e. The van der Waals surface area contributed by atoms with Crippen molar-refractivity contribution in [2.45, 2.75) is 20.5 Å². The molecule has 0 spiro atoms. The first-order valence-electron chi connectivity index (χ1n) is 7.20. The average Bonchev–Trinajstić information content (AvgIpc) is 2.54. The van der Waals surface area contributed by atoms with E-state index in [9.17, 15) is 14.4 Å². The number of aliphatic hydroxyl groups excluding tert-OH is 1. The van der Waals surface area contributed by atoms with Crippen molar-refractivity contribution in [3.05, 3.63) is 59.2 Å². The third-order valence-corrected chi connectivity index (χ3v) is 2.96. The Morgan fingerprint density at radius 1 is 1.00 bits per heavy atom. The highest BCUT2D eigenvalue weighted by Gasteiger charge is 2.19. The molecule has 0 fully saturated rings. The predicted molar refractivity (Wildman–Crippen MR) is 88.7 cm³/mol. The van der Waals surface area contributed by atoms with Crippen molar-refractivity contribution in [2.75, 3.05) is 0 Å². The molecule has 2 rings (SSSR count). The van der Waals surface area contributed by atoms with Gasteiger partial charge in [-0.05, 0) is 36.8 Å². The number of esters is 1. The van der Waals surface area contributed by atoms with Crippen LogP contribution < -0.4 is 4.74 Å². The van der Waals surface area contributed by atoms with E-state index in [1.165, 1.54) is 31.2 Å². The van der Waals surface area contributed by atoms with Crippen LogP contribution in [0.1, 0.15) is 40.1 Å². The molecule has 3 N–H and O–H groups in total. The van der Waals surface area contributed by atoms with Gasteiger partial charge in [-0.1, -0.05) is 18.2 Å². The molecule has 0 aliphatic carbocycles. The number of phenolic OH excluding ortho intramolecular Hbond substituents is 1. The Balaban J connectivity index is 0.000000293. The molecule has 0 saturated carbocycles. The summed E-state index contributed by atoms with van der Waals surface area (Å²) < 4.78 is 4.76. The van der Waals surface area contributed by atoms with Gasteiger partial charge in [-0.15, -0.1) is 0 Å². The summed E-state index contributed by atoms with van der Waals surface area (Å²) in [6.07, 6.45) is 0. The average molecular weight is 346 g/mol. The molecular weight excluding hydrogens is 328 g/mol. The van der Waals surface area contributed by atoms with Gasteiger partial charge in [0.15, 0.2) is 11.5 Å². The Bertz CT molecular complexity index is 748. The number of ether oxygens (including phenoxy) is 1. The highest BCUT2D eigenvalue weighted by molar-refractivity contribution is 6.02. The van der Waals surface area contributed by atoms with Crippen LogP contribution >= 0.6 is 0 Å². The maximum atomic E-state index is 11.2. The van der Waals surface area contributed by atoms with Gasteiger partial charge in [0.1, 0.15) is 11.3 Å². The van der Waals surface area contributed by atoms with Crippen molar-refractivity contribution < 1.29 is 34.4 Å². The molecule has 0 aliphatic heterocycles. The van der Waals surface area contributed by atoms with Gasteiger partial charge in [-0.3, -0.25) is 9.59 Å². The number of aromatic hydroxyl groups is 1. The number of Topliss-reactive ketones (excluding diaryl/α,β-unsaturated/α-hetero) is 1. The SMILES string of the molecule is CC(=O)Oc1c(C(C)=O)cccc1C(=O)O.OCc1cccc(O)c1. The van der Waals surface area contributed by atoms with Crippen LogP contribution in [0.15, 0.2) is 42.5 Å². The summed E-state index contributed by atoms with van der Waals surface area (Å²) >= 11 is 0. The number of carboxylic acids is 1. The summed E-state index contributed by atoms with van der Waals surface area (Å²) in [5.41, 5.74) is 0.605. The summed E-state index contributed by atoms with van der Waals surface area (Å²) in [4.78, 5) is 33.0. The Kier molecular flexibility index (Phi) is 7.30. The number of hydrogen-bond donors (Lipinski definition) is 3. The molecule has 132 valence electrons. The predicted octanol–water partition coefficient (Wildman–Crippen LogP) is 2.40. The number of hydrogen-bond acceptors (Lipinski definition) is 6. The van der Waals surface area contributed by atoms with Crippen molar-refractivity contribution in [3.8, 4) is 11.5 Å². The molecule has 0 aliphatic rings. The minimum atomic E-state index is -1.25. The fourth-order valence-corrected chi connectivity index (χ4v) is 1.89. The van der Waals surface area contributed by atoms with Crippen molar-refractivity contribution in [1.82, 2.24) is 0 Å². The lowest BCUT2D eigenvalue weighted by molar-refractivity contribution is -0.131. The highest BCUT2D eigenvalue weighted by Crippen LogP contribution is 2.24. The number of carbonyl (C=O) groups excluding carboxylic acids is 2. The van der Waals surface area contributed by atoms with Crippen molar-refractivity contribution in [1.29, 1.82) is 0 Å². The Morgan fingerprint density at radius 3 is 2.04 bits per heavy atom. The van der Waals surface area contributed by atoms with Gasteiger partial charge >= 0.3 is 11.9 Å². The normalized spacial score (nSPS) is 9.56. The van der Waals surface area contributed by atoms with Gasteiger partial charge in [-0.2, -0.15) is 0 Å². The van der Waals surface area contributed by atoms with Gasteiger partial charge < -0.3 is 20.1 Å². The van der Waals surface area contributed by atoms with E-state index in [-0.39, 0.29) is 35.0 Å². The zero-order chi connectivity index (χ0) is 19.0. The Hall–Kier alpha value is -3.19. The second kappa shape index (κ2) is 9.19. The Morgan fingerprint density at radius 2 is 1.60 bits per heavy atom. The standard InChI is InChI=1S/C11H10O5.C7H8O2/c1-6(12)8-4-3-5-9(11(14)15)10(8)16-7(2)13;8-5-6-2-1-3-7(9)4-6/h3-5H,1-2H3,(H,14,15);1-4,8-9H,5H2. The summed E-state index contributed by atoms with van der Waals surface area (Å²) in [7, 11) is 0. The maximum absolute atomic E-state index is 11.2. The van der Waals surface area contributed by atoms with Crippen LogP contribution in [0.25, 0.3) is 0 Å². The van der Waals surface area contributed by atoms with Crippen LogP contribution in [0.4, 0.5) is 0 Å². The molecule has 0 bridgehead atoms. The first kappa shape index (κ1) is 19.9. The van der Waals surface area contributed by atoms with Crippen LogP contribution in [-0.2, 0) is 11.4 Å². The topological polar surface area (TPSA) is 121 Å². The first-order chi connectivity index (χ1) is 11.8. The molecule has 2 aromatic carbocycles. The van der Waals surface area contributed by atoms with Crippen LogP contribution in [0.2, 0.25) is 0 Å². The molecule has 7 heteroatoms. The van der Waals surface area contributed by atoms with Crippen molar-refractivity contribution >= 4 is 17.7 Å². The number of benzene rings is 2. The van der Waals surface area contributed by atoms with E-state index in [2.05, 4.69) is 0 Å². The molecule has 2 aromatic rings. The molecule has 0 radical (unpaired) electrons. The van der Waals surface area contributed by atoms with Gasteiger partial charge in [0, 0.05) is 6.92 Å². The number of carboxylic acid groups (broad SMARTS) is 1. The van der Waals surface area contributed by atoms with E-state index in [1.807, 2.05) is 0 Å². The molecular formula is C18H18O7. The number of aromatic carboxylic acids is 1.